The highest BCUT2D eigenvalue weighted by molar-refractivity contribution is 7.80. The van der Waals surface area contributed by atoms with Gasteiger partial charge in [-0.2, -0.15) is 0 Å². The van der Waals surface area contributed by atoms with Crippen LogP contribution < -0.4 is 0 Å². The van der Waals surface area contributed by atoms with Crippen LogP contribution in [0.2, 0.25) is 0 Å². The quantitative estimate of drug-likeness (QED) is 0.670. The summed E-state index contributed by atoms with van der Waals surface area (Å²) in [5.74, 6) is 0.894. The third-order valence-electron chi connectivity index (χ3n) is 2.29. The van der Waals surface area contributed by atoms with Crippen molar-refractivity contribution in [3.05, 3.63) is 35.2 Å². The molecule has 1 heterocycles. The van der Waals surface area contributed by atoms with Gasteiger partial charge in [0.05, 0.1) is 0 Å². The van der Waals surface area contributed by atoms with E-state index >= 15 is 0 Å². The number of hydrogen-bond donors (Lipinski definition) is 0. The Labute approximate surface area is 94.4 Å². The fourth-order valence-electron chi connectivity index (χ4n) is 1.56. The highest BCUT2D eigenvalue weighted by Crippen LogP contribution is 2.26. The Hall–Kier alpha value is -0.470. The molecule has 2 aromatic rings. The fourth-order valence-corrected chi connectivity index (χ4v) is 2.87. The molecule has 0 aliphatic carbocycles. The Kier molecular flexibility index (Phi) is 3.49. The first-order chi connectivity index (χ1) is 6.90. The van der Waals surface area contributed by atoms with Crippen LogP contribution in [0.4, 0.5) is 0 Å². The summed E-state index contributed by atoms with van der Waals surface area (Å²) in [7, 11) is 0. The van der Waals surface area contributed by atoms with Gasteiger partial charge in [-0.15, -0.1) is 11.3 Å². The molecule has 0 aliphatic heterocycles. The molecule has 0 atom stereocenters. The zero-order valence-electron chi connectivity index (χ0n) is 8.03. The summed E-state index contributed by atoms with van der Waals surface area (Å²) in [4.78, 5) is 1.50. The molecule has 2 rings (SSSR count). The second-order valence-electron chi connectivity index (χ2n) is 3.41. The van der Waals surface area contributed by atoms with Crippen LogP contribution in [0.1, 0.15) is 17.7 Å². The van der Waals surface area contributed by atoms with Gasteiger partial charge in [-0.1, -0.05) is 30.8 Å². The van der Waals surface area contributed by atoms with E-state index in [1.165, 1.54) is 34.2 Å². The van der Waals surface area contributed by atoms with Gasteiger partial charge in [-0.05, 0) is 36.8 Å². The number of thiophene rings is 1. The molecule has 0 bridgehead atoms. The van der Waals surface area contributed by atoms with E-state index in [0.29, 0.717) is 0 Å². The van der Waals surface area contributed by atoms with E-state index in [-0.39, 0.29) is 0 Å². The highest BCUT2D eigenvalue weighted by Gasteiger charge is 2.00. The van der Waals surface area contributed by atoms with Gasteiger partial charge in [-0.25, -0.2) is 0 Å². The van der Waals surface area contributed by atoms with Gasteiger partial charge in [0.25, 0.3) is 0 Å². The lowest BCUT2D eigenvalue weighted by molar-refractivity contribution is 0.814. The number of rotatable bonds is 4. The standard InChI is InChI=1S/C12H13S2/c13-8-4-3-6-11-9-10-5-1-2-7-12(10)14-11/h1-2,5,7,9H,3-4,6,8H2. The minimum absolute atomic E-state index is 0.894. The van der Waals surface area contributed by atoms with Gasteiger partial charge < -0.3 is 0 Å². The lowest BCUT2D eigenvalue weighted by Gasteiger charge is -1.93. The minimum atomic E-state index is 0.894. The van der Waals surface area contributed by atoms with E-state index in [1.54, 1.807) is 0 Å². The van der Waals surface area contributed by atoms with Gasteiger partial charge in [0, 0.05) is 15.3 Å². The predicted molar refractivity (Wildman–Crippen MR) is 67.2 cm³/mol. The number of benzene rings is 1. The average Bonchev–Trinajstić information content (AvgIpc) is 2.60. The van der Waals surface area contributed by atoms with E-state index in [4.69, 9.17) is 12.6 Å². The molecule has 1 radical (unpaired) electrons. The van der Waals surface area contributed by atoms with Crippen LogP contribution in [0.15, 0.2) is 30.3 Å². The second-order valence-corrected chi connectivity index (χ2v) is 4.99. The van der Waals surface area contributed by atoms with E-state index in [9.17, 15) is 0 Å². The summed E-state index contributed by atoms with van der Waals surface area (Å²) >= 11 is 6.85. The fraction of sp³-hybridized carbons (Fsp3) is 0.333. The highest BCUT2D eigenvalue weighted by atomic mass is 32.1. The molecular weight excluding hydrogens is 208 g/mol. The number of fused-ring (bicyclic) bond motifs is 1. The molecule has 0 spiro atoms. The van der Waals surface area contributed by atoms with Crippen LogP contribution in [0.25, 0.3) is 10.1 Å². The van der Waals surface area contributed by atoms with Crippen LogP contribution in [-0.2, 0) is 6.42 Å². The van der Waals surface area contributed by atoms with Gasteiger partial charge in [-0.3, -0.25) is 0 Å². The van der Waals surface area contributed by atoms with Crippen molar-refractivity contribution in [2.45, 2.75) is 19.3 Å². The SMILES string of the molecule is [S]CCCCc1cc2ccccc2s1. The Morgan fingerprint density at radius 1 is 1.14 bits per heavy atom. The van der Waals surface area contributed by atoms with Crippen molar-refractivity contribution in [2.24, 2.45) is 0 Å². The molecule has 0 nitrogen and oxygen atoms in total. The first-order valence-electron chi connectivity index (χ1n) is 4.96. The maximum absolute atomic E-state index is 4.94. The molecule has 2 heteroatoms. The van der Waals surface area contributed by atoms with E-state index in [0.717, 1.165) is 5.75 Å². The first kappa shape index (κ1) is 10.1. The first-order valence-corrected chi connectivity index (χ1v) is 6.35. The van der Waals surface area contributed by atoms with Gasteiger partial charge in [0.15, 0.2) is 0 Å². The molecule has 0 saturated heterocycles. The molecule has 73 valence electrons. The molecular formula is C12H13S2. The van der Waals surface area contributed by atoms with Crippen molar-refractivity contribution in [1.29, 1.82) is 0 Å². The molecule has 0 unspecified atom stereocenters. The lowest BCUT2D eigenvalue weighted by Crippen LogP contribution is -1.81. The topological polar surface area (TPSA) is 0 Å². The van der Waals surface area contributed by atoms with Crippen LogP contribution in [-0.4, -0.2) is 5.75 Å². The summed E-state index contributed by atoms with van der Waals surface area (Å²) in [5, 5.41) is 1.38. The normalized spacial score (nSPS) is 10.9. The lowest BCUT2D eigenvalue weighted by atomic mass is 10.2. The van der Waals surface area contributed by atoms with Crippen LogP contribution in [0, 0.1) is 0 Å². The summed E-state index contributed by atoms with van der Waals surface area (Å²) in [6.45, 7) is 0. The monoisotopic (exact) mass is 221 g/mol. The van der Waals surface area contributed by atoms with E-state index in [1.807, 2.05) is 11.3 Å². The van der Waals surface area contributed by atoms with Crippen molar-refractivity contribution >= 4 is 34.1 Å². The van der Waals surface area contributed by atoms with E-state index in [2.05, 4.69) is 30.3 Å². The Balaban J connectivity index is 2.11. The van der Waals surface area contributed by atoms with Crippen LogP contribution in [0.5, 0.6) is 0 Å². The van der Waals surface area contributed by atoms with E-state index < -0.39 is 0 Å². The predicted octanol–water partition coefficient (Wildman–Crippen LogP) is 4.42. The second kappa shape index (κ2) is 4.85. The number of aryl methyl sites for hydroxylation is 1. The van der Waals surface area contributed by atoms with Crippen molar-refractivity contribution in [1.82, 2.24) is 0 Å². The van der Waals surface area contributed by atoms with Crippen molar-refractivity contribution < 1.29 is 0 Å². The number of hydrogen-bond acceptors (Lipinski definition) is 1. The van der Waals surface area contributed by atoms with Gasteiger partial charge >= 0.3 is 0 Å². The third-order valence-corrected chi connectivity index (χ3v) is 3.76. The van der Waals surface area contributed by atoms with Gasteiger partial charge in [0.1, 0.15) is 0 Å². The zero-order chi connectivity index (χ0) is 9.80. The number of unbranched alkanes of at least 4 members (excludes halogenated alkanes) is 1. The summed E-state index contributed by atoms with van der Waals surface area (Å²) in [6.07, 6.45) is 3.59. The third kappa shape index (κ3) is 2.31. The summed E-state index contributed by atoms with van der Waals surface area (Å²) in [6, 6.07) is 10.9. The van der Waals surface area contributed by atoms with Crippen LogP contribution in [0.3, 0.4) is 0 Å². The maximum Gasteiger partial charge on any atom is 0.0345 e. The molecule has 0 fully saturated rings. The smallest absolute Gasteiger partial charge is 0.0345 e. The molecule has 14 heavy (non-hydrogen) atoms. The van der Waals surface area contributed by atoms with Crippen molar-refractivity contribution in [3.63, 3.8) is 0 Å². The Morgan fingerprint density at radius 2 is 2.00 bits per heavy atom. The Morgan fingerprint density at radius 3 is 2.79 bits per heavy atom. The molecule has 0 aliphatic rings. The Bertz CT molecular complexity index is 370. The minimum Gasteiger partial charge on any atom is -0.140 e. The molecule has 0 N–H and O–H groups in total. The average molecular weight is 221 g/mol. The maximum atomic E-state index is 4.94. The molecule has 0 saturated carbocycles. The van der Waals surface area contributed by atoms with Crippen LogP contribution >= 0.6 is 24.0 Å². The molecule has 0 amide bonds. The molecule has 1 aromatic carbocycles. The summed E-state index contributed by atoms with van der Waals surface area (Å²) < 4.78 is 1.40. The summed E-state index contributed by atoms with van der Waals surface area (Å²) in [5.41, 5.74) is 0. The van der Waals surface area contributed by atoms with Crippen molar-refractivity contribution in [3.8, 4) is 0 Å². The van der Waals surface area contributed by atoms with Gasteiger partial charge in [0.2, 0.25) is 0 Å². The molecule has 1 aromatic heterocycles. The zero-order valence-corrected chi connectivity index (χ0v) is 9.66. The largest absolute Gasteiger partial charge is 0.140 e. The van der Waals surface area contributed by atoms with Crippen molar-refractivity contribution in [2.75, 3.05) is 5.75 Å².